The number of nitrogens with one attached hydrogen (secondary N) is 2. The second-order valence-corrected chi connectivity index (χ2v) is 5.68. The molecule has 1 fully saturated rings. The number of benzene rings is 1. The first-order valence-corrected chi connectivity index (χ1v) is 6.51. The first kappa shape index (κ1) is 11.5. The second kappa shape index (κ2) is 3.71. The Bertz CT molecular complexity index is 560. The average molecular weight is 310 g/mol. The van der Waals surface area contributed by atoms with Crippen molar-refractivity contribution in [2.75, 3.05) is 5.32 Å². The largest absolute Gasteiger partial charge is 0.361 e. The third-order valence-electron chi connectivity index (χ3n) is 3.39. The van der Waals surface area contributed by atoms with Crippen LogP contribution >= 0.6 is 15.9 Å². The van der Waals surface area contributed by atoms with Crippen LogP contribution in [0.15, 0.2) is 22.7 Å². The van der Waals surface area contributed by atoms with Gasteiger partial charge in [0.05, 0.1) is 5.56 Å². The molecule has 1 saturated heterocycles. The first-order valence-electron chi connectivity index (χ1n) is 5.71. The molecule has 0 aromatic heterocycles. The van der Waals surface area contributed by atoms with E-state index in [-0.39, 0.29) is 11.8 Å². The normalized spacial score (nSPS) is 26.0. The lowest BCUT2D eigenvalue weighted by Gasteiger charge is -2.48. The Morgan fingerprint density at radius 1 is 1.39 bits per heavy atom. The molecule has 3 rings (SSSR count). The molecule has 1 unspecified atom stereocenters. The number of hydrogen-bond acceptors (Lipinski definition) is 3. The highest BCUT2D eigenvalue weighted by atomic mass is 79.9. The van der Waals surface area contributed by atoms with Gasteiger partial charge in [-0.05, 0) is 31.5 Å². The lowest BCUT2D eigenvalue weighted by atomic mass is 9.96. The van der Waals surface area contributed by atoms with Crippen LogP contribution < -0.4 is 10.7 Å². The highest BCUT2D eigenvalue weighted by Crippen LogP contribution is 2.35. The Morgan fingerprint density at radius 2 is 2.17 bits per heavy atom. The minimum atomic E-state index is -0.550. The smallest absolute Gasteiger partial charge is 0.276 e. The number of fused-ring (bicyclic) bond motifs is 2. The molecule has 0 bridgehead atoms. The Balaban J connectivity index is 2.09. The van der Waals surface area contributed by atoms with Crippen LogP contribution in [0.3, 0.4) is 0 Å². The van der Waals surface area contributed by atoms with Crippen molar-refractivity contribution in [3.05, 3.63) is 28.2 Å². The number of nitrogens with zero attached hydrogens (tertiary/aromatic N) is 1. The monoisotopic (exact) mass is 309 g/mol. The van der Waals surface area contributed by atoms with Crippen LogP contribution in [0.25, 0.3) is 0 Å². The van der Waals surface area contributed by atoms with E-state index in [4.69, 9.17) is 0 Å². The first-order chi connectivity index (χ1) is 8.49. The van der Waals surface area contributed by atoms with Crippen molar-refractivity contribution in [1.29, 1.82) is 0 Å². The third-order valence-corrected chi connectivity index (χ3v) is 3.88. The van der Waals surface area contributed by atoms with Gasteiger partial charge in [-0.1, -0.05) is 15.9 Å². The number of hydrazine groups is 1. The molecule has 2 amide bonds. The molecule has 2 aliphatic rings. The number of carbonyl (C=O) groups is 2. The van der Waals surface area contributed by atoms with Gasteiger partial charge in [-0.2, -0.15) is 0 Å². The molecule has 1 aromatic rings. The Hall–Kier alpha value is -1.56. The van der Waals surface area contributed by atoms with Gasteiger partial charge in [-0.25, -0.2) is 5.01 Å². The summed E-state index contributed by atoms with van der Waals surface area (Å²) >= 11 is 3.35. The van der Waals surface area contributed by atoms with E-state index in [0.29, 0.717) is 18.4 Å². The van der Waals surface area contributed by atoms with E-state index in [0.717, 1.165) is 10.2 Å². The van der Waals surface area contributed by atoms with Crippen LogP contribution in [0.4, 0.5) is 5.69 Å². The zero-order valence-electron chi connectivity index (χ0n) is 9.79. The molecule has 2 aliphatic heterocycles. The summed E-state index contributed by atoms with van der Waals surface area (Å²) in [5, 5.41) is 4.72. The van der Waals surface area contributed by atoms with Crippen LogP contribution in [0.2, 0.25) is 0 Å². The summed E-state index contributed by atoms with van der Waals surface area (Å²) in [6, 6.07) is 5.51. The maximum atomic E-state index is 12.4. The van der Waals surface area contributed by atoms with E-state index >= 15 is 0 Å². The topological polar surface area (TPSA) is 61.4 Å². The highest BCUT2D eigenvalue weighted by molar-refractivity contribution is 9.10. The average Bonchev–Trinajstić information content (AvgIpc) is 2.33. The van der Waals surface area contributed by atoms with Crippen LogP contribution in [-0.2, 0) is 4.79 Å². The molecule has 2 heterocycles. The van der Waals surface area contributed by atoms with Crippen molar-refractivity contribution >= 4 is 33.4 Å². The fourth-order valence-electron chi connectivity index (χ4n) is 2.38. The molecule has 6 heteroatoms. The summed E-state index contributed by atoms with van der Waals surface area (Å²) in [4.78, 5) is 23.8. The van der Waals surface area contributed by atoms with Crippen LogP contribution in [0, 0.1) is 0 Å². The van der Waals surface area contributed by atoms with Gasteiger partial charge in [-0.15, -0.1) is 0 Å². The van der Waals surface area contributed by atoms with Gasteiger partial charge in [0.15, 0.2) is 0 Å². The number of halogens is 1. The maximum absolute atomic E-state index is 12.4. The van der Waals surface area contributed by atoms with Crippen molar-refractivity contribution < 1.29 is 9.59 Å². The lowest BCUT2D eigenvalue weighted by molar-refractivity contribution is -0.131. The van der Waals surface area contributed by atoms with E-state index in [1.165, 1.54) is 5.01 Å². The minimum Gasteiger partial charge on any atom is -0.361 e. The quantitative estimate of drug-likeness (QED) is 0.769. The van der Waals surface area contributed by atoms with E-state index in [2.05, 4.69) is 26.7 Å². The molecule has 18 heavy (non-hydrogen) atoms. The van der Waals surface area contributed by atoms with E-state index in [1.807, 2.05) is 19.1 Å². The Labute approximate surface area is 113 Å². The van der Waals surface area contributed by atoms with Crippen molar-refractivity contribution in [2.45, 2.75) is 25.4 Å². The summed E-state index contributed by atoms with van der Waals surface area (Å²) in [5.74, 6) is -0.304. The number of anilines is 1. The molecule has 0 aliphatic carbocycles. The Morgan fingerprint density at radius 3 is 2.94 bits per heavy atom. The molecule has 0 radical (unpaired) electrons. The molecule has 0 spiro atoms. The fraction of sp³-hybridized carbons (Fsp3) is 0.333. The molecule has 2 N–H and O–H groups in total. The predicted molar refractivity (Wildman–Crippen MR) is 69.7 cm³/mol. The lowest BCUT2D eigenvalue weighted by Crippen LogP contribution is -2.67. The molecule has 1 aromatic carbocycles. The van der Waals surface area contributed by atoms with Crippen LogP contribution in [0.1, 0.15) is 30.1 Å². The van der Waals surface area contributed by atoms with E-state index in [1.54, 1.807) is 6.07 Å². The SMILES string of the molecule is CC12CCC(=O)NN1C(=O)c1cc(Br)ccc1N2. The number of carbonyl (C=O) groups excluding carboxylic acids is 2. The zero-order chi connectivity index (χ0) is 12.9. The van der Waals surface area contributed by atoms with Gasteiger partial charge < -0.3 is 5.32 Å². The van der Waals surface area contributed by atoms with Crippen molar-refractivity contribution in [3.63, 3.8) is 0 Å². The fourth-order valence-corrected chi connectivity index (χ4v) is 2.74. The van der Waals surface area contributed by atoms with Gasteiger partial charge in [-0.3, -0.25) is 15.0 Å². The van der Waals surface area contributed by atoms with Crippen LogP contribution in [-0.4, -0.2) is 22.5 Å². The van der Waals surface area contributed by atoms with Crippen LogP contribution in [0.5, 0.6) is 0 Å². The molecule has 1 atom stereocenters. The predicted octanol–water partition coefficient (Wildman–Crippen LogP) is 1.86. The second-order valence-electron chi connectivity index (χ2n) is 4.76. The number of amides is 2. The van der Waals surface area contributed by atoms with Gasteiger partial charge in [0, 0.05) is 16.6 Å². The van der Waals surface area contributed by atoms with Crippen molar-refractivity contribution in [3.8, 4) is 0 Å². The highest BCUT2D eigenvalue weighted by Gasteiger charge is 2.45. The molecular weight excluding hydrogens is 298 g/mol. The van der Waals surface area contributed by atoms with Crippen molar-refractivity contribution in [2.24, 2.45) is 0 Å². The van der Waals surface area contributed by atoms with E-state index in [9.17, 15) is 9.59 Å². The summed E-state index contributed by atoms with van der Waals surface area (Å²) in [6.45, 7) is 1.91. The van der Waals surface area contributed by atoms with Gasteiger partial charge in [0.2, 0.25) is 5.91 Å². The Kier molecular flexibility index (Phi) is 2.38. The summed E-state index contributed by atoms with van der Waals surface area (Å²) in [7, 11) is 0. The molecule has 0 saturated carbocycles. The van der Waals surface area contributed by atoms with Gasteiger partial charge in [0.25, 0.3) is 5.91 Å². The molecule has 5 nitrogen and oxygen atoms in total. The summed E-state index contributed by atoms with van der Waals surface area (Å²) < 4.78 is 0.836. The number of rotatable bonds is 0. The van der Waals surface area contributed by atoms with E-state index < -0.39 is 5.66 Å². The number of hydrogen-bond donors (Lipinski definition) is 2. The van der Waals surface area contributed by atoms with Crippen molar-refractivity contribution in [1.82, 2.24) is 10.4 Å². The van der Waals surface area contributed by atoms with Gasteiger partial charge >= 0.3 is 0 Å². The third kappa shape index (κ3) is 1.59. The summed E-state index contributed by atoms with van der Waals surface area (Å²) in [5.41, 5.74) is 3.45. The summed E-state index contributed by atoms with van der Waals surface area (Å²) in [6.07, 6.45) is 1.01. The molecular formula is C12H12BrN3O2. The van der Waals surface area contributed by atoms with Gasteiger partial charge in [0.1, 0.15) is 5.66 Å². The minimum absolute atomic E-state index is 0.124. The standard InChI is InChI=1S/C12H12BrN3O2/c1-12-5-4-10(17)15-16(12)11(18)8-6-7(13)2-3-9(8)14-12/h2-3,6,14H,4-5H2,1H3,(H,15,17). The zero-order valence-corrected chi connectivity index (χ0v) is 11.4. The maximum Gasteiger partial charge on any atom is 0.276 e. The molecule has 94 valence electrons.